The van der Waals surface area contributed by atoms with Crippen LogP contribution in [0.25, 0.3) is 0 Å². The van der Waals surface area contributed by atoms with Gasteiger partial charge in [0.2, 0.25) is 0 Å². The summed E-state index contributed by atoms with van der Waals surface area (Å²) in [4.78, 5) is 14.6. The maximum absolute atomic E-state index is 12.3. The van der Waals surface area contributed by atoms with Gasteiger partial charge < -0.3 is 15.0 Å². The van der Waals surface area contributed by atoms with Crippen LogP contribution in [-0.2, 0) is 6.42 Å². The van der Waals surface area contributed by atoms with Gasteiger partial charge in [-0.15, -0.1) is 0 Å². The zero-order valence-electron chi connectivity index (χ0n) is 14.9. The van der Waals surface area contributed by atoms with E-state index >= 15 is 0 Å². The predicted molar refractivity (Wildman–Crippen MR) is 98.1 cm³/mol. The van der Waals surface area contributed by atoms with E-state index in [1.807, 2.05) is 18.2 Å². The molecule has 0 bridgehead atoms. The van der Waals surface area contributed by atoms with Crippen LogP contribution >= 0.6 is 0 Å². The Morgan fingerprint density at radius 1 is 1.32 bits per heavy atom. The number of nitrogens with one attached hydrogen (secondary N) is 2. The summed E-state index contributed by atoms with van der Waals surface area (Å²) < 4.78 is 6.01. The van der Waals surface area contributed by atoms with Crippen LogP contribution < -0.4 is 10.1 Å². The summed E-state index contributed by atoms with van der Waals surface area (Å²) in [6.07, 6.45) is 4.30. The molecule has 0 atom stereocenters. The van der Waals surface area contributed by atoms with Gasteiger partial charge in [-0.1, -0.05) is 13.3 Å². The molecular weight excluding hydrogens is 316 g/mol. The van der Waals surface area contributed by atoms with Crippen molar-refractivity contribution >= 4 is 11.7 Å². The van der Waals surface area contributed by atoms with Crippen molar-refractivity contribution < 1.29 is 9.53 Å². The summed E-state index contributed by atoms with van der Waals surface area (Å²) in [5, 5.41) is 9.86. The molecule has 1 aliphatic heterocycles. The molecule has 1 aromatic carbocycles. The van der Waals surface area contributed by atoms with E-state index in [0.717, 1.165) is 50.2 Å². The highest BCUT2D eigenvalue weighted by Crippen LogP contribution is 2.19. The Labute approximate surface area is 148 Å². The Kier molecular flexibility index (Phi) is 5.71. The molecule has 25 heavy (non-hydrogen) atoms. The Balaban J connectivity index is 1.54. The highest BCUT2D eigenvalue weighted by atomic mass is 16.5. The molecule has 1 aliphatic rings. The summed E-state index contributed by atoms with van der Waals surface area (Å²) in [6, 6.07) is 9.18. The number of likely N-dealkylation sites (tertiary alicyclic amines) is 1. The van der Waals surface area contributed by atoms with Crippen LogP contribution in [-0.4, -0.2) is 47.2 Å². The van der Waals surface area contributed by atoms with Crippen molar-refractivity contribution in [1.82, 2.24) is 15.1 Å². The third-order valence-electron chi connectivity index (χ3n) is 4.48. The lowest BCUT2D eigenvalue weighted by molar-refractivity contribution is 0.102. The highest BCUT2D eigenvalue weighted by molar-refractivity contribution is 6.03. The number of ether oxygens (including phenoxy) is 1. The van der Waals surface area contributed by atoms with Crippen molar-refractivity contribution in [3.8, 4) is 5.75 Å². The van der Waals surface area contributed by atoms with Gasteiger partial charge in [0, 0.05) is 30.4 Å². The summed E-state index contributed by atoms with van der Waals surface area (Å²) in [7, 11) is 2.13. The van der Waals surface area contributed by atoms with Crippen molar-refractivity contribution in [2.24, 2.45) is 0 Å². The lowest BCUT2D eigenvalue weighted by Gasteiger charge is -2.29. The number of aryl methyl sites for hydroxylation is 1. The van der Waals surface area contributed by atoms with Crippen LogP contribution in [0.4, 0.5) is 5.82 Å². The fraction of sp³-hybridized carbons (Fsp3) is 0.474. The number of H-pyrrole nitrogens is 1. The zero-order valence-corrected chi connectivity index (χ0v) is 14.9. The third-order valence-corrected chi connectivity index (χ3v) is 4.48. The number of nitrogens with zero attached hydrogens (tertiary/aromatic N) is 2. The number of hydrogen-bond acceptors (Lipinski definition) is 4. The molecule has 134 valence electrons. The van der Waals surface area contributed by atoms with Gasteiger partial charge in [-0.3, -0.25) is 9.89 Å². The van der Waals surface area contributed by atoms with Crippen LogP contribution in [0.1, 0.15) is 42.2 Å². The molecule has 2 heterocycles. The maximum Gasteiger partial charge on any atom is 0.256 e. The van der Waals surface area contributed by atoms with Crippen molar-refractivity contribution in [2.75, 3.05) is 25.5 Å². The number of amides is 1. The van der Waals surface area contributed by atoms with Crippen molar-refractivity contribution in [1.29, 1.82) is 0 Å². The predicted octanol–water partition coefficient (Wildman–Crippen LogP) is 3.09. The number of anilines is 1. The Hall–Kier alpha value is -2.34. The number of aromatic amines is 1. The Bertz CT molecular complexity index is 688. The standard InChI is InChI=1S/C19H26N4O2/c1-3-4-15-13-18(22-21-15)20-19(24)14-5-7-16(8-6-14)25-17-9-11-23(2)12-10-17/h5-8,13,17H,3-4,9-12H2,1-2H3,(H2,20,21,22,24). The first-order valence-electron chi connectivity index (χ1n) is 8.95. The number of carbonyl (C=O) groups excluding carboxylic acids is 1. The smallest absolute Gasteiger partial charge is 0.256 e. The highest BCUT2D eigenvalue weighted by Gasteiger charge is 2.18. The number of carbonyl (C=O) groups is 1. The van der Waals surface area contributed by atoms with E-state index in [4.69, 9.17) is 4.74 Å². The molecule has 6 heteroatoms. The van der Waals surface area contributed by atoms with Gasteiger partial charge in [0.1, 0.15) is 11.9 Å². The number of piperidine rings is 1. The van der Waals surface area contributed by atoms with E-state index in [-0.39, 0.29) is 12.0 Å². The van der Waals surface area contributed by atoms with Gasteiger partial charge >= 0.3 is 0 Å². The molecular formula is C19H26N4O2. The van der Waals surface area contributed by atoms with Gasteiger partial charge in [-0.2, -0.15) is 5.10 Å². The molecule has 1 fully saturated rings. The quantitative estimate of drug-likeness (QED) is 0.846. The van der Waals surface area contributed by atoms with Gasteiger partial charge in [0.25, 0.3) is 5.91 Å². The van der Waals surface area contributed by atoms with Gasteiger partial charge in [0.15, 0.2) is 5.82 Å². The lowest BCUT2D eigenvalue weighted by atomic mass is 10.1. The van der Waals surface area contributed by atoms with Gasteiger partial charge in [-0.05, 0) is 50.6 Å². The van der Waals surface area contributed by atoms with Crippen LogP contribution in [0.3, 0.4) is 0 Å². The van der Waals surface area contributed by atoms with Crippen LogP contribution in [0.5, 0.6) is 5.75 Å². The summed E-state index contributed by atoms with van der Waals surface area (Å²) >= 11 is 0. The first-order chi connectivity index (χ1) is 12.1. The molecule has 0 aliphatic carbocycles. The third kappa shape index (κ3) is 4.82. The lowest BCUT2D eigenvalue weighted by Crippen LogP contribution is -2.35. The molecule has 0 radical (unpaired) electrons. The molecule has 6 nitrogen and oxygen atoms in total. The molecule has 1 aromatic heterocycles. The number of benzene rings is 1. The normalized spacial score (nSPS) is 15.9. The molecule has 0 spiro atoms. The van der Waals surface area contributed by atoms with E-state index < -0.39 is 0 Å². The summed E-state index contributed by atoms with van der Waals surface area (Å²) in [6.45, 7) is 4.23. The largest absolute Gasteiger partial charge is 0.490 e. The average Bonchev–Trinajstić information content (AvgIpc) is 3.05. The minimum Gasteiger partial charge on any atom is -0.490 e. The number of aromatic nitrogens is 2. The SMILES string of the molecule is CCCc1cc(NC(=O)c2ccc(OC3CCN(C)CC3)cc2)n[nH]1. The molecule has 0 unspecified atom stereocenters. The fourth-order valence-corrected chi connectivity index (χ4v) is 2.99. The fourth-order valence-electron chi connectivity index (χ4n) is 2.99. The minimum atomic E-state index is -0.166. The molecule has 1 saturated heterocycles. The van der Waals surface area contributed by atoms with Crippen LogP contribution in [0.2, 0.25) is 0 Å². The van der Waals surface area contributed by atoms with E-state index in [2.05, 4.69) is 34.4 Å². The van der Waals surface area contributed by atoms with E-state index in [1.54, 1.807) is 12.1 Å². The molecule has 2 N–H and O–H groups in total. The van der Waals surface area contributed by atoms with Gasteiger partial charge in [-0.25, -0.2) is 0 Å². The number of hydrogen-bond donors (Lipinski definition) is 2. The molecule has 1 amide bonds. The zero-order chi connectivity index (χ0) is 17.6. The van der Waals surface area contributed by atoms with Crippen molar-refractivity contribution in [3.63, 3.8) is 0 Å². The summed E-state index contributed by atoms with van der Waals surface area (Å²) in [5.74, 6) is 1.21. The van der Waals surface area contributed by atoms with E-state index in [9.17, 15) is 4.79 Å². The molecule has 3 rings (SSSR count). The summed E-state index contributed by atoms with van der Waals surface area (Å²) in [5.41, 5.74) is 1.62. The van der Waals surface area contributed by atoms with Crippen molar-refractivity contribution in [2.45, 2.75) is 38.7 Å². The van der Waals surface area contributed by atoms with E-state index in [1.165, 1.54) is 0 Å². The second-order valence-corrected chi connectivity index (χ2v) is 6.63. The second kappa shape index (κ2) is 8.16. The Morgan fingerprint density at radius 3 is 2.72 bits per heavy atom. The van der Waals surface area contributed by atoms with Gasteiger partial charge in [0.05, 0.1) is 0 Å². The molecule has 0 saturated carbocycles. The monoisotopic (exact) mass is 342 g/mol. The van der Waals surface area contributed by atoms with Crippen LogP contribution in [0, 0.1) is 0 Å². The average molecular weight is 342 g/mol. The maximum atomic E-state index is 12.3. The van der Waals surface area contributed by atoms with E-state index in [0.29, 0.717) is 11.4 Å². The minimum absolute atomic E-state index is 0.166. The van der Waals surface area contributed by atoms with Crippen LogP contribution in [0.15, 0.2) is 30.3 Å². The first kappa shape index (κ1) is 17.5. The first-order valence-corrected chi connectivity index (χ1v) is 8.95. The second-order valence-electron chi connectivity index (χ2n) is 6.63. The number of rotatable bonds is 6. The van der Waals surface area contributed by atoms with Crippen molar-refractivity contribution in [3.05, 3.63) is 41.6 Å². The topological polar surface area (TPSA) is 70.2 Å². The molecule has 2 aromatic rings. The Morgan fingerprint density at radius 2 is 2.04 bits per heavy atom.